The van der Waals surface area contributed by atoms with Gasteiger partial charge in [0.15, 0.2) is 5.82 Å². The highest BCUT2D eigenvalue weighted by molar-refractivity contribution is 9.10. The normalized spacial score (nSPS) is 12.1. The fraction of sp³-hybridized carbons (Fsp3) is 0.0952. The molecule has 0 aliphatic rings. The van der Waals surface area contributed by atoms with E-state index in [2.05, 4.69) is 31.4 Å². The van der Waals surface area contributed by atoms with Crippen LogP contribution in [0.3, 0.4) is 0 Å². The van der Waals surface area contributed by atoms with Crippen LogP contribution in [0.4, 0.5) is 5.69 Å². The van der Waals surface area contributed by atoms with Crippen LogP contribution in [0.25, 0.3) is 22.2 Å². The van der Waals surface area contributed by atoms with Gasteiger partial charge in [-0.15, -0.1) is 10.2 Å². The number of nitrogen functional groups attached to an aromatic ring is 1. The summed E-state index contributed by atoms with van der Waals surface area (Å²) in [6, 6.07) is 21.5. The lowest BCUT2D eigenvalue weighted by Crippen LogP contribution is -2.23. The van der Waals surface area contributed by atoms with Gasteiger partial charge in [-0.3, -0.25) is 4.79 Å². The molecule has 6 nitrogen and oxygen atoms in total. The largest absolute Gasteiger partial charge is 0.335 e. The molecule has 3 N–H and O–H groups in total. The molecule has 0 saturated carbocycles. The molecular weight excluding hydrogens is 450 g/mol. The van der Waals surface area contributed by atoms with Crippen molar-refractivity contribution in [3.05, 3.63) is 71.2 Å². The second-order valence-electron chi connectivity index (χ2n) is 6.47. The van der Waals surface area contributed by atoms with Gasteiger partial charge in [-0.25, -0.2) is 4.68 Å². The van der Waals surface area contributed by atoms with E-state index in [1.807, 2.05) is 73.7 Å². The lowest BCUT2D eigenvalue weighted by atomic mass is 10.1. The molecule has 0 radical (unpaired) electrons. The second-order valence-corrected chi connectivity index (χ2v) is 8.63. The van der Waals surface area contributed by atoms with Crippen LogP contribution in [0.15, 0.2) is 76.4 Å². The number of halogens is 1. The first-order valence-electron chi connectivity index (χ1n) is 8.94. The average molecular weight is 468 g/mol. The number of aromatic nitrogens is 3. The van der Waals surface area contributed by atoms with Gasteiger partial charge in [0.25, 0.3) is 0 Å². The zero-order chi connectivity index (χ0) is 20.4. The summed E-state index contributed by atoms with van der Waals surface area (Å²) in [5, 5.41) is 13.6. The van der Waals surface area contributed by atoms with Crippen molar-refractivity contribution in [3.63, 3.8) is 0 Å². The van der Waals surface area contributed by atoms with Crippen molar-refractivity contribution in [2.75, 3.05) is 11.2 Å². The number of benzene rings is 3. The number of carbonyl (C=O) groups is 1. The highest BCUT2D eigenvalue weighted by atomic mass is 79.9. The predicted octanol–water partition coefficient (Wildman–Crippen LogP) is 4.69. The van der Waals surface area contributed by atoms with Crippen molar-refractivity contribution in [2.24, 2.45) is 0 Å². The van der Waals surface area contributed by atoms with E-state index in [9.17, 15) is 4.79 Å². The Labute approximate surface area is 180 Å². The van der Waals surface area contributed by atoms with Crippen LogP contribution in [-0.2, 0) is 4.79 Å². The van der Waals surface area contributed by atoms with E-state index in [0.717, 1.165) is 26.5 Å². The number of thioether (sulfide) groups is 1. The van der Waals surface area contributed by atoms with Crippen LogP contribution in [0, 0.1) is 0 Å². The van der Waals surface area contributed by atoms with Gasteiger partial charge in [0.05, 0.1) is 5.25 Å². The number of hydrogen-bond acceptors (Lipinski definition) is 5. The zero-order valence-electron chi connectivity index (χ0n) is 15.5. The van der Waals surface area contributed by atoms with E-state index in [1.165, 1.54) is 16.4 Å². The molecule has 0 saturated heterocycles. The Kier molecular flexibility index (Phi) is 5.55. The maximum Gasteiger partial charge on any atom is 0.237 e. The maximum absolute atomic E-state index is 12.7. The van der Waals surface area contributed by atoms with Crippen LogP contribution in [0.1, 0.15) is 6.92 Å². The van der Waals surface area contributed by atoms with Gasteiger partial charge in [-0.1, -0.05) is 70.2 Å². The van der Waals surface area contributed by atoms with Crippen molar-refractivity contribution in [3.8, 4) is 11.4 Å². The number of carbonyl (C=O) groups excluding carboxylic acids is 1. The predicted molar refractivity (Wildman–Crippen MR) is 121 cm³/mol. The monoisotopic (exact) mass is 467 g/mol. The van der Waals surface area contributed by atoms with Crippen molar-refractivity contribution in [2.45, 2.75) is 17.3 Å². The van der Waals surface area contributed by atoms with E-state index >= 15 is 0 Å². The van der Waals surface area contributed by atoms with Crippen molar-refractivity contribution >= 4 is 50.1 Å². The molecular formula is C21H18BrN5OS. The molecule has 1 amide bonds. The zero-order valence-corrected chi connectivity index (χ0v) is 17.9. The maximum atomic E-state index is 12.7. The van der Waals surface area contributed by atoms with Crippen LogP contribution >= 0.6 is 27.7 Å². The number of nitrogens with one attached hydrogen (secondary N) is 1. The molecule has 3 aromatic carbocycles. The summed E-state index contributed by atoms with van der Waals surface area (Å²) in [6.45, 7) is 1.81. The second kappa shape index (κ2) is 8.26. The Hall–Kier alpha value is -2.84. The molecule has 1 aromatic heterocycles. The first-order valence-corrected chi connectivity index (χ1v) is 10.6. The summed E-state index contributed by atoms with van der Waals surface area (Å²) in [5.74, 6) is 6.59. The summed E-state index contributed by atoms with van der Waals surface area (Å²) in [5.41, 5.74) is 1.59. The minimum atomic E-state index is -0.403. The molecule has 4 aromatic rings. The first-order chi connectivity index (χ1) is 14.0. The number of amides is 1. The summed E-state index contributed by atoms with van der Waals surface area (Å²) in [6.07, 6.45) is 0. The van der Waals surface area contributed by atoms with Gasteiger partial charge in [-0.05, 0) is 42.0 Å². The van der Waals surface area contributed by atoms with Crippen LogP contribution in [0.5, 0.6) is 0 Å². The Bertz CT molecular complexity index is 1190. The van der Waals surface area contributed by atoms with Gasteiger partial charge in [0, 0.05) is 15.7 Å². The number of rotatable bonds is 5. The molecule has 146 valence electrons. The third-order valence-corrected chi connectivity index (χ3v) is 6.20. The minimum Gasteiger partial charge on any atom is -0.335 e. The fourth-order valence-corrected chi connectivity index (χ4v) is 4.14. The molecule has 0 bridgehead atoms. The molecule has 0 unspecified atom stereocenters. The van der Waals surface area contributed by atoms with Gasteiger partial charge < -0.3 is 11.2 Å². The van der Waals surface area contributed by atoms with Gasteiger partial charge in [0.1, 0.15) is 0 Å². The van der Waals surface area contributed by atoms with E-state index in [-0.39, 0.29) is 5.91 Å². The van der Waals surface area contributed by atoms with E-state index in [0.29, 0.717) is 11.0 Å². The van der Waals surface area contributed by atoms with E-state index in [4.69, 9.17) is 5.84 Å². The third-order valence-electron chi connectivity index (χ3n) is 4.45. The first kappa shape index (κ1) is 19.5. The summed E-state index contributed by atoms with van der Waals surface area (Å²) in [4.78, 5) is 12.7. The van der Waals surface area contributed by atoms with Gasteiger partial charge in [0.2, 0.25) is 11.1 Å². The summed E-state index contributed by atoms with van der Waals surface area (Å²) in [7, 11) is 0. The molecule has 0 aliphatic heterocycles. The highest BCUT2D eigenvalue weighted by Gasteiger charge is 2.20. The van der Waals surface area contributed by atoms with E-state index in [1.54, 1.807) is 0 Å². The smallest absolute Gasteiger partial charge is 0.237 e. The van der Waals surface area contributed by atoms with Crippen LogP contribution in [0.2, 0.25) is 0 Å². The number of hydrogen-bond donors (Lipinski definition) is 2. The number of fused-ring (bicyclic) bond motifs is 1. The molecule has 4 rings (SSSR count). The topological polar surface area (TPSA) is 85.8 Å². The van der Waals surface area contributed by atoms with Crippen LogP contribution < -0.4 is 11.2 Å². The Morgan fingerprint density at radius 2 is 1.79 bits per heavy atom. The summed E-state index contributed by atoms with van der Waals surface area (Å²) < 4.78 is 2.28. The Morgan fingerprint density at radius 3 is 2.59 bits per heavy atom. The number of anilines is 1. The molecule has 1 heterocycles. The Balaban J connectivity index is 1.48. The molecule has 0 fully saturated rings. The molecule has 0 spiro atoms. The highest BCUT2D eigenvalue weighted by Crippen LogP contribution is 2.29. The van der Waals surface area contributed by atoms with Crippen molar-refractivity contribution in [1.29, 1.82) is 0 Å². The molecule has 1 atom stereocenters. The number of nitrogens with zero attached hydrogens (tertiary/aromatic N) is 3. The van der Waals surface area contributed by atoms with Crippen molar-refractivity contribution < 1.29 is 4.79 Å². The lowest BCUT2D eigenvalue weighted by molar-refractivity contribution is -0.115. The minimum absolute atomic E-state index is 0.129. The van der Waals surface area contributed by atoms with Gasteiger partial charge in [-0.2, -0.15) is 0 Å². The number of nitrogens with two attached hydrogens (primary N) is 1. The fourth-order valence-electron chi connectivity index (χ4n) is 2.91. The van der Waals surface area contributed by atoms with Crippen molar-refractivity contribution in [1.82, 2.24) is 14.9 Å². The average Bonchev–Trinajstić information content (AvgIpc) is 3.08. The molecule has 8 heteroatoms. The standard InChI is InChI=1S/C21H18BrN5OS/c1-13(20(28)24-16-11-10-14-6-2-3-7-15(14)12-16)29-21-26-25-19(27(21)23)17-8-4-5-9-18(17)22/h2-13H,23H2,1H3,(H,24,28)/t13-/m1/s1. The van der Waals surface area contributed by atoms with Gasteiger partial charge >= 0.3 is 0 Å². The van der Waals surface area contributed by atoms with Crippen LogP contribution in [-0.4, -0.2) is 26.0 Å². The quantitative estimate of drug-likeness (QED) is 0.328. The SMILES string of the molecule is C[C@@H](Sc1nnc(-c2ccccc2Br)n1N)C(=O)Nc1ccc2ccccc2c1. The van der Waals surface area contributed by atoms with E-state index < -0.39 is 5.25 Å². The summed E-state index contributed by atoms with van der Waals surface area (Å²) >= 11 is 4.76. The Morgan fingerprint density at radius 1 is 1.07 bits per heavy atom. The third kappa shape index (κ3) is 4.13. The molecule has 0 aliphatic carbocycles. The lowest BCUT2D eigenvalue weighted by Gasteiger charge is -2.12. The molecule has 29 heavy (non-hydrogen) atoms.